The van der Waals surface area contributed by atoms with E-state index in [9.17, 15) is 0 Å². The highest BCUT2D eigenvalue weighted by molar-refractivity contribution is 9.08. The zero-order valence-electron chi connectivity index (χ0n) is 11.0. The van der Waals surface area contributed by atoms with Crippen molar-refractivity contribution in [3.63, 3.8) is 0 Å². The van der Waals surface area contributed by atoms with Gasteiger partial charge in [0.25, 0.3) is 0 Å². The molecule has 2 rings (SSSR count). The Labute approximate surface area is 127 Å². The van der Waals surface area contributed by atoms with Gasteiger partial charge >= 0.3 is 0 Å². The molecule has 19 heavy (non-hydrogen) atoms. The quantitative estimate of drug-likeness (QED) is 0.607. The maximum atomic E-state index is 6.24. The molecule has 0 amide bonds. The molecule has 3 heteroatoms. The number of alkyl halides is 1. The summed E-state index contributed by atoms with van der Waals surface area (Å²) in [5.41, 5.74) is 2.32. The first-order valence-electron chi connectivity index (χ1n) is 6.23. The first-order valence-corrected chi connectivity index (χ1v) is 7.73. The minimum atomic E-state index is 0.414. The lowest BCUT2D eigenvalue weighted by Crippen LogP contribution is -1.94. The van der Waals surface area contributed by atoms with Crippen molar-refractivity contribution in [2.75, 3.05) is 0 Å². The Hall–Kier alpha value is -0.990. The maximum absolute atomic E-state index is 6.24. The molecule has 0 spiro atoms. The van der Waals surface area contributed by atoms with Crippen molar-refractivity contribution in [3.05, 3.63) is 58.6 Å². The molecule has 2 aromatic carbocycles. The summed E-state index contributed by atoms with van der Waals surface area (Å²) in [5.74, 6) is 1.97. The lowest BCUT2D eigenvalue weighted by atomic mass is 10.0. The number of rotatable bonds is 4. The third-order valence-electron chi connectivity index (χ3n) is 2.91. The van der Waals surface area contributed by atoms with E-state index in [0.717, 1.165) is 16.6 Å². The molecule has 0 saturated carbocycles. The Morgan fingerprint density at radius 2 is 1.84 bits per heavy atom. The van der Waals surface area contributed by atoms with Gasteiger partial charge in [0.05, 0.1) is 5.02 Å². The molecule has 100 valence electrons. The summed E-state index contributed by atoms with van der Waals surface area (Å²) in [4.78, 5) is 0. The van der Waals surface area contributed by atoms with Crippen molar-refractivity contribution < 1.29 is 4.74 Å². The molecule has 0 atom stereocenters. The van der Waals surface area contributed by atoms with E-state index in [4.69, 9.17) is 16.3 Å². The molecule has 0 aliphatic heterocycles. The second-order valence-corrected chi connectivity index (χ2v) is 5.66. The molecule has 0 radical (unpaired) electrons. The van der Waals surface area contributed by atoms with Gasteiger partial charge in [-0.2, -0.15) is 0 Å². The molecule has 0 heterocycles. The Balaban J connectivity index is 2.31. The van der Waals surface area contributed by atoms with E-state index < -0.39 is 0 Å². The van der Waals surface area contributed by atoms with Gasteiger partial charge < -0.3 is 4.74 Å². The summed E-state index contributed by atoms with van der Waals surface area (Å²) in [7, 11) is 0. The highest BCUT2D eigenvalue weighted by Crippen LogP contribution is 2.34. The minimum absolute atomic E-state index is 0.414. The third kappa shape index (κ3) is 3.52. The average Bonchev–Trinajstić information content (AvgIpc) is 2.41. The zero-order valence-corrected chi connectivity index (χ0v) is 13.3. The lowest BCUT2D eigenvalue weighted by Gasteiger charge is -2.14. The molecule has 0 aliphatic carbocycles. The van der Waals surface area contributed by atoms with Gasteiger partial charge in [0.15, 0.2) is 0 Å². The summed E-state index contributed by atoms with van der Waals surface area (Å²) in [6.07, 6.45) is 0. The highest BCUT2D eigenvalue weighted by Gasteiger charge is 2.10. The van der Waals surface area contributed by atoms with E-state index in [2.05, 4.69) is 35.8 Å². The van der Waals surface area contributed by atoms with Gasteiger partial charge in [-0.05, 0) is 35.2 Å². The summed E-state index contributed by atoms with van der Waals surface area (Å²) in [6, 6.07) is 13.9. The van der Waals surface area contributed by atoms with Gasteiger partial charge in [0.2, 0.25) is 0 Å². The maximum Gasteiger partial charge on any atom is 0.146 e. The summed E-state index contributed by atoms with van der Waals surface area (Å²) in [6.45, 7) is 4.30. The second-order valence-electron chi connectivity index (χ2n) is 4.69. The molecule has 0 bridgehead atoms. The van der Waals surface area contributed by atoms with Gasteiger partial charge in [-0.3, -0.25) is 0 Å². The second kappa shape index (κ2) is 6.44. The monoisotopic (exact) mass is 338 g/mol. The van der Waals surface area contributed by atoms with Crippen molar-refractivity contribution in [2.45, 2.75) is 25.1 Å². The number of benzene rings is 2. The van der Waals surface area contributed by atoms with Crippen LogP contribution in [0.5, 0.6) is 11.5 Å². The van der Waals surface area contributed by atoms with Gasteiger partial charge in [0.1, 0.15) is 11.5 Å². The van der Waals surface area contributed by atoms with Crippen molar-refractivity contribution in [3.8, 4) is 11.5 Å². The first-order chi connectivity index (χ1) is 9.11. The molecule has 0 aliphatic rings. The van der Waals surface area contributed by atoms with Crippen LogP contribution in [-0.4, -0.2) is 0 Å². The average molecular weight is 340 g/mol. The van der Waals surface area contributed by atoms with E-state index in [1.54, 1.807) is 0 Å². The predicted molar refractivity (Wildman–Crippen MR) is 84.7 cm³/mol. The van der Waals surface area contributed by atoms with E-state index in [-0.39, 0.29) is 0 Å². The molecular formula is C16H16BrClO. The molecule has 1 nitrogen and oxygen atoms in total. The molecule has 2 aromatic rings. The molecule has 0 saturated heterocycles. The normalized spacial score (nSPS) is 10.8. The Morgan fingerprint density at radius 1 is 1.11 bits per heavy atom. The van der Waals surface area contributed by atoms with Crippen LogP contribution in [0.2, 0.25) is 5.02 Å². The highest BCUT2D eigenvalue weighted by atomic mass is 79.9. The smallest absolute Gasteiger partial charge is 0.146 e. The van der Waals surface area contributed by atoms with E-state index in [0.29, 0.717) is 16.7 Å². The molecule has 0 unspecified atom stereocenters. The fourth-order valence-electron chi connectivity index (χ4n) is 1.88. The van der Waals surface area contributed by atoms with Crippen LogP contribution >= 0.6 is 27.5 Å². The van der Waals surface area contributed by atoms with Crippen LogP contribution in [0.15, 0.2) is 42.5 Å². The Kier molecular flexibility index (Phi) is 4.89. The van der Waals surface area contributed by atoms with Crippen LogP contribution in [0.3, 0.4) is 0 Å². The summed E-state index contributed by atoms with van der Waals surface area (Å²) >= 11 is 9.66. The van der Waals surface area contributed by atoms with Crippen LogP contribution in [0.1, 0.15) is 30.9 Å². The standard InChI is InChI=1S/C16H16BrClO/c1-11(2)13-5-3-4-6-15(13)19-16-8-7-12(10-17)9-14(16)18/h3-9,11H,10H2,1-2H3. The van der Waals surface area contributed by atoms with Gasteiger partial charge in [-0.15, -0.1) is 0 Å². The van der Waals surface area contributed by atoms with Crippen molar-refractivity contribution in [1.29, 1.82) is 0 Å². The van der Waals surface area contributed by atoms with Gasteiger partial charge in [-0.25, -0.2) is 0 Å². The van der Waals surface area contributed by atoms with Gasteiger partial charge in [0, 0.05) is 5.33 Å². The number of para-hydroxylation sites is 1. The SMILES string of the molecule is CC(C)c1ccccc1Oc1ccc(CBr)cc1Cl. The molecule has 0 aromatic heterocycles. The summed E-state index contributed by atoms with van der Waals surface area (Å²) < 4.78 is 5.95. The molecule has 0 fully saturated rings. The van der Waals surface area contributed by atoms with Crippen LogP contribution in [-0.2, 0) is 5.33 Å². The number of halogens is 2. The summed E-state index contributed by atoms with van der Waals surface area (Å²) in [5, 5.41) is 1.42. The fourth-order valence-corrected chi connectivity index (χ4v) is 2.47. The minimum Gasteiger partial charge on any atom is -0.456 e. The number of ether oxygens (including phenoxy) is 1. The Morgan fingerprint density at radius 3 is 2.47 bits per heavy atom. The predicted octanol–water partition coefficient (Wildman–Crippen LogP) is 6.15. The van der Waals surface area contributed by atoms with Crippen LogP contribution in [0.25, 0.3) is 0 Å². The topological polar surface area (TPSA) is 9.23 Å². The van der Waals surface area contributed by atoms with Crippen molar-refractivity contribution >= 4 is 27.5 Å². The van der Waals surface area contributed by atoms with E-state index in [1.807, 2.05) is 36.4 Å². The first kappa shape index (κ1) is 14.4. The van der Waals surface area contributed by atoms with E-state index >= 15 is 0 Å². The van der Waals surface area contributed by atoms with Crippen LogP contribution in [0.4, 0.5) is 0 Å². The third-order valence-corrected chi connectivity index (χ3v) is 3.85. The fraction of sp³-hybridized carbons (Fsp3) is 0.250. The molecule has 0 N–H and O–H groups in total. The number of hydrogen-bond acceptors (Lipinski definition) is 1. The number of hydrogen-bond donors (Lipinski definition) is 0. The zero-order chi connectivity index (χ0) is 13.8. The van der Waals surface area contributed by atoms with Crippen LogP contribution < -0.4 is 4.74 Å². The lowest BCUT2D eigenvalue weighted by molar-refractivity contribution is 0.473. The van der Waals surface area contributed by atoms with Crippen LogP contribution in [0, 0.1) is 0 Å². The van der Waals surface area contributed by atoms with Crippen molar-refractivity contribution in [1.82, 2.24) is 0 Å². The Bertz CT molecular complexity index is 566. The molecular weight excluding hydrogens is 324 g/mol. The van der Waals surface area contributed by atoms with Gasteiger partial charge in [-0.1, -0.05) is 65.6 Å². The largest absolute Gasteiger partial charge is 0.456 e. The van der Waals surface area contributed by atoms with Crippen molar-refractivity contribution in [2.24, 2.45) is 0 Å². The van der Waals surface area contributed by atoms with E-state index in [1.165, 1.54) is 5.56 Å².